The van der Waals surface area contributed by atoms with Gasteiger partial charge >= 0.3 is 0 Å². The zero-order valence-corrected chi connectivity index (χ0v) is 17.0. The first kappa shape index (κ1) is 20.1. The SMILES string of the molecule is COc1ccc(-c2nc3c(c(=O)[nH]2)CCN(C(=O)Cc2c(F)cccc2Cl)C3)cc1. The molecule has 3 aromatic rings. The molecule has 1 N–H and O–H groups in total. The number of nitrogens with one attached hydrogen (secondary N) is 1. The van der Waals surface area contributed by atoms with Gasteiger partial charge in [-0.25, -0.2) is 9.37 Å². The van der Waals surface area contributed by atoms with Gasteiger partial charge in [0.25, 0.3) is 5.56 Å². The summed E-state index contributed by atoms with van der Waals surface area (Å²) in [6, 6.07) is 11.5. The first-order chi connectivity index (χ1) is 14.5. The van der Waals surface area contributed by atoms with E-state index in [0.717, 1.165) is 5.56 Å². The molecule has 0 bridgehead atoms. The molecule has 30 heavy (non-hydrogen) atoms. The third-order valence-electron chi connectivity index (χ3n) is 5.18. The highest BCUT2D eigenvalue weighted by molar-refractivity contribution is 6.31. The van der Waals surface area contributed by atoms with Crippen LogP contribution in [0.3, 0.4) is 0 Å². The van der Waals surface area contributed by atoms with Crippen molar-refractivity contribution in [1.29, 1.82) is 0 Å². The first-order valence-electron chi connectivity index (χ1n) is 9.43. The Morgan fingerprint density at radius 2 is 2.03 bits per heavy atom. The standard InChI is InChI=1S/C22H19ClFN3O3/c1-30-14-7-5-13(6-8-14)21-25-19-12-27(10-9-15(19)22(29)26-21)20(28)11-16-17(23)3-2-4-18(16)24/h2-8H,9-12H2,1H3,(H,25,26,29). The fourth-order valence-electron chi connectivity index (χ4n) is 3.50. The van der Waals surface area contributed by atoms with Gasteiger partial charge in [0.15, 0.2) is 0 Å². The maximum absolute atomic E-state index is 14.0. The summed E-state index contributed by atoms with van der Waals surface area (Å²) >= 11 is 6.05. The van der Waals surface area contributed by atoms with E-state index in [9.17, 15) is 14.0 Å². The van der Waals surface area contributed by atoms with Crippen LogP contribution in [0.1, 0.15) is 16.8 Å². The van der Waals surface area contributed by atoms with Crippen LogP contribution in [-0.2, 0) is 24.2 Å². The van der Waals surface area contributed by atoms with Crippen LogP contribution in [0.4, 0.5) is 4.39 Å². The van der Waals surface area contributed by atoms with E-state index in [4.69, 9.17) is 16.3 Å². The number of ether oxygens (including phenoxy) is 1. The lowest BCUT2D eigenvalue weighted by Crippen LogP contribution is -2.40. The number of carbonyl (C=O) groups is 1. The minimum atomic E-state index is -0.510. The lowest BCUT2D eigenvalue weighted by atomic mass is 10.0. The Balaban J connectivity index is 1.58. The van der Waals surface area contributed by atoms with E-state index in [1.54, 1.807) is 42.3 Å². The van der Waals surface area contributed by atoms with Gasteiger partial charge in [-0.2, -0.15) is 0 Å². The fraction of sp³-hybridized carbons (Fsp3) is 0.227. The van der Waals surface area contributed by atoms with Gasteiger partial charge in [-0.1, -0.05) is 17.7 Å². The van der Waals surface area contributed by atoms with E-state index in [1.165, 1.54) is 12.1 Å². The molecule has 8 heteroatoms. The molecule has 1 aromatic heterocycles. The Morgan fingerprint density at radius 3 is 2.73 bits per heavy atom. The number of halogens is 2. The number of methoxy groups -OCH3 is 1. The molecule has 1 aliphatic rings. The van der Waals surface area contributed by atoms with Crippen molar-refractivity contribution < 1.29 is 13.9 Å². The highest BCUT2D eigenvalue weighted by Gasteiger charge is 2.25. The van der Waals surface area contributed by atoms with Crippen LogP contribution in [0, 0.1) is 5.82 Å². The summed E-state index contributed by atoms with van der Waals surface area (Å²) in [7, 11) is 1.58. The number of fused-ring (bicyclic) bond motifs is 1. The molecule has 154 valence electrons. The Bertz CT molecular complexity index is 1140. The van der Waals surface area contributed by atoms with E-state index < -0.39 is 5.82 Å². The largest absolute Gasteiger partial charge is 0.497 e. The molecule has 0 unspecified atom stereocenters. The molecule has 0 saturated heterocycles. The number of H-pyrrole nitrogens is 1. The van der Waals surface area contributed by atoms with Gasteiger partial charge < -0.3 is 14.6 Å². The van der Waals surface area contributed by atoms with Crippen molar-refractivity contribution in [3.63, 3.8) is 0 Å². The van der Waals surface area contributed by atoms with Crippen molar-refractivity contribution in [2.45, 2.75) is 19.4 Å². The molecular formula is C22H19ClFN3O3. The fourth-order valence-corrected chi connectivity index (χ4v) is 3.73. The van der Waals surface area contributed by atoms with Crippen LogP contribution in [0.15, 0.2) is 47.3 Å². The normalized spacial score (nSPS) is 13.1. The summed E-state index contributed by atoms with van der Waals surface area (Å²) in [5, 5.41) is 0.220. The predicted molar refractivity (Wildman–Crippen MR) is 111 cm³/mol. The third-order valence-corrected chi connectivity index (χ3v) is 5.53. The maximum atomic E-state index is 14.0. The summed E-state index contributed by atoms with van der Waals surface area (Å²) < 4.78 is 19.2. The zero-order chi connectivity index (χ0) is 21.3. The third kappa shape index (κ3) is 3.93. The Hall–Kier alpha value is -3.19. The summed E-state index contributed by atoms with van der Waals surface area (Å²) in [5.41, 5.74) is 1.81. The van der Waals surface area contributed by atoms with Crippen LogP contribution in [0.25, 0.3) is 11.4 Å². The molecule has 0 spiro atoms. The molecule has 0 aliphatic carbocycles. The van der Waals surface area contributed by atoms with Crippen LogP contribution in [-0.4, -0.2) is 34.4 Å². The molecule has 6 nitrogen and oxygen atoms in total. The van der Waals surface area contributed by atoms with Gasteiger partial charge in [0.2, 0.25) is 5.91 Å². The number of carbonyl (C=O) groups excluding carboxylic acids is 1. The van der Waals surface area contributed by atoms with E-state index in [2.05, 4.69) is 9.97 Å². The van der Waals surface area contributed by atoms with Crippen LogP contribution in [0.5, 0.6) is 5.75 Å². The number of nitrogens with zero attached hydrogens (tertiary/aromatic N) is 2. The lowest BCUT2D eigenvalue weighted by Gasteiger charge is -2.28. The molecule has 4 rings (SSSR count). The number of aromatic nitrogens is 2. The highest BCUT2D eigenvalue weighted by atomic mass is 35.5. The average molecular weight is 428 g/mol. The first-order valence-corrected chi connectivity index (χ1v) is 9.81. The summed E-state index contributed by atoms with van der Waals surface area (Å²) in [5.74, 6) is 0.348. The molecule has 1 aliphatic heterocycles. The maximum Gasteiger partial charge on any atom is 0.254 e. The van der Waals surface area contributed by atoms with Crippen LogP contribution < -0.4 is 10.3 Å². The second kappa shape index (κ2) is 8.28. The van der Waals surface area contributed by atoms with Crippen molar-refractivity contribution in [2.75, 3.05) is 13.7 Å². The zero-order valence-electron chi connectivity index (χ0n) is 16.2. The second-order valence-electron chi connectivity index (χ2n) is 7.01. The summed E-state index contributed by atoms with van der Waals surface area (Å²) in [6.07, 6.45) is 0.243. The van der Waals surface area contributed by atoms with Crippen LogP contribution >= 0.6 is 11.6 Å². The van der Waals surface area contributed by atoms with E-state index in [0.29, 0.717) is 35.8 Å². The number of benzene rings is 2. The van der Waals surface area contributed by atoms with E-state index >= 15 is 0 Å². The molecule has 2 aromatic carbocycles. The predicted octanol–water partition coefficient (Wildman–Crippen LogP) is 3.37. The smallest absolute Gasteiger partial charge is 0.254 e. The molecule has 0 fully saturated rings. The molecule has 1 amide bonds. The molecule has 0 atom stereocenters. The Labute approximate surface area is 177 Å². The van der Waals surface area contributed by atoms with Gasteiger partial charge in [-0.3, -0.25) is 9.59 Å². The van der Waals surface area contributed by atoms with Gasteiger partial charge in [0.1, 0.15) is 17.4 Å². The van der Waals surface area contributed by atoms with Crippen molar-refractivity contribution in [3.05, 3.63) is 80.5 Å². The number of aromatic amines is 1. The van der Waals surface area contributed by atoms with Gasteiger partial charge in [0.05, 0.1) is 25.8 Å². The van der Waals surface area contributed by atoms with Crippen molar-refractivity contribution in [3.8, 4) is 17.1 Å². The number of hydrogen-bond donors (Lipinski definition) is 1. The molecule has 0 saturated carbocycles. The Kier molecular flexibility index (Phi) is 5.55. The van der Waals surface area contributed by atoms with Gasteiger partial charge in [-0.05, 0) is 42.8 Å². The monoisotopic (exact) mass is 427 g/mol. The lowest BCUT2D eigenvalue weighted by molar-refractivity contribution is -0.131. The topological polar surface area (TPSA) is 75.3 Å². The summed E-state index contributed by atoms with van der Waals surface area (Å²) in [4.78, 5) is 34.3. The minimum absolute atomic E-state index is 0.143. The van der Waals surface area contributed by atoms with Gasteiger partial charge in [0, 0.05) is 28.3 Å². The molecular weight excluding hydrogens is 409 g/mol. The molecule has 2 heterocycles. The number of rotatable bonds is 4. The van der Waals surface area contributed by atoms with E-state index in [-0.39, 0.29) is 35.0 Å². The average Bonchev–Trinajstić information content (AvgIpc) is 2.76. The Morgan fingerprint density at radius 1 is 1.27 bits per heavy atom. The highest BCUT2D eigenvalue weighted by Crippen LogP contribution is 2.23. The molecule has 0 radical (unpaired) electrons. The quantitative estimate of drug-likeness (QED) is 0.692. The summed E-state index contributed by atoms with van der Waals surface area (Å²) in [6.45, 7) is 0.553. The van der Waals surface area contributed by atoms with Crippen molar-refractivity contribution in [2.24, 2.45) is 0 Å². The minimum Gasteiger partial charge on any atom is -0.497 e. The van der Waals surface area contributed by atoms with Gasteiger partial charge in [-0.15, -0.1) is 0 Å². The van der Waals surface area contributed by atoms with Crippen LogP contribution in [0.2, 0.25) is 5.02 Å². The van der Waals surface area contributed by atoms with Crippen molar-refractivity contribution >= 4 is 17.5 Å². The number of amides is 1. The number of hydrogen-bond acceptors (Lipinski definition) is 4. The van der Waals surface area contributed by atoms with E-state index in [1.807, 2.05) is 0 Å². The van der Waals surface area contributed by atoms with Crippen molar-refractivity contribution in [1.82, 2.24) is 14.9 Å². The second-order valence-corrected chi connectivity index (χ2v) is 7.42.